The maximum Gasteiger partial charge on any atom is 0.407 e. The van der Waals surface area contributed by atoms with Crippen LogP contribution >= 0.6 is 0 Å². The van der Waals surface area contributed by atoms with Gasteiger partial charge in [-0.15, -0.1) is 0 Å². The maximum absolute atomic E-state index is 13.6. The summed E-state index contributed by atoms with van der Waals surface area (Å²) < 4.78 is 25.7. The Kier molecular flexibility index (Phi) is 22.0. The predicted octanol–water partition coefficient (Wildman–Crippen LogP) is 4.81. The molecule has 2 fully saturated rings. The minimum atomic E-state index is -0.784. The normalized spacial score (nSPS) is 19.3. The van der Waals surface area contributed by atoms with Gasteiger partial charge in [0.15, 0.2) is 0 Å². The molecule has 62 heavy (non-hydrogen) atoms. The van der Waals surface area contributed by atoms with E-state index in [1.807, 2.05) is 34.6 Å². The van der Waals surface area contributed by atoms with Crippen molar-refractivity contribution in [2.24, 2.45) is 0 Å². The molecule has 3 rings (SSSR count). The van der Waals surface area contributed by atoms with Crippen molar-refractivity contribution in [1.82, 2.24) is 39.5 Å². The monoisotopic (exact) mass is 881 g/mol. The lowest BCUT2D eigenvalue weighted by Crippen LogP contribution is -2.54. The average Bonchev–Trinajstić information content (AvgIpc) is 4.08. The van der Waals surface area contributed by atoms with Crippen molar-refractivity contribution < 1.29 is 33.3 Å². The average molecular weight is 881 g/mol. The van der Waals surface area contributed by atoms with E-state index in [1.165, 1.54) is 13.7 Å². The largest absolute Gasteiger partial charge is 0.445 e. The van der Waals surface area contributed by atoms with Crippen LogP contribution in [0.3, 0.4) is 0 Å². The van der Waals surface area contributed by atoms with Crippen molar-refractivity contribution in [3.8, 4) is 0 Å². The zero-order valence-corrected chi connectivity index (χ0v) is 39.4. The topological polar surface area (TPSA) is 196 Å². The fourth-order valence-corrected chi connectivity index (χ4v) is 7.06. The summed E-state index contributed by atoms with van der Waals surface area (Å²) >= 11 is 0. The van der Waals surface area contributed by atoms with E-state index in [4.69, 9.17) is 18.9 Å². The number of aromatic nitrogens is 3. The summed E-state index contributed by atoms with van der Waals surface area (Å²) in [5, 5.41) is 8.38. The van der Waals surface area contributed by atoms with Crippen LogP contribution in [0.15, 0.2) is 14.4 Å². The van der Waals surface area contributed by atoms with Gasteiger partial charge in [0.25, 0.3) is 0 Å². The van der Waals surface area contributed by atoms with Crippen LogP contribution in [0.4, 0.5) is 14.4 Å². The first-order valence-corrected chi connectivity index (χ1v) is 23.2. The molecule has 3 heterocycles. The lowest BCUT2D eigenvalue weighted by Gasteiger charge is -2.29. The SMILES string of the molecule is CC(CN1CC1C)OC(=O)NCCCCCCn1c(=O)n(CCCCCCNC(=O)OC(C)CN2CC2C)c(=O)n(CCCCCCNC(=O)OC(C)(C)COC(C)(C)C)c1=O. The molecule has 0 bridgehead atoms. The lowest BCUT2D eigenvalue weighted by atomic mass is 10.1. The van der Waals surface area contributed by atoms with Crippen LogP contribution in [0.1, 0.15) is 139 Å². The molecular formula is C44H80N8O10. The van der Waals surface area contributed by atoms with Crippen molar-refractivity contribution in [3.63, 3.8) is 0 Å². The van der Waals surface area contributed by atoms with Crippen LogP contribution < -0.4 is 33.0 Å². The van der Waals surface area contributed by atoms with Gasteiger partial charge < -0.3 is 34.9 Å². The molecule has 2 aliphatic rings. The van der Waals surface area contributed by atoms with Crippen molar-refractivity contribution >= 4 is 18.3 Å². The third kappa shape index (κ3) is 21.0. The van der Waals surface area contributed by atoms with Crippen LogP contribution in [0, 0.1) is 0 Å². The van der Waals surface area contributed by atoms with E-state index >= 15 is 0 Å². The fraction of sp³-hybridized carbons (Fsp3) is 0.864. The number of nitrogens with one attached hydrogen (secondary N) is 3. The molecular weight excluding hydrogens is 801 g/mol. The van der Waals surface area contributed by atoms with Crippen LogP contribution in [0.25, 0.3) is 0 Å². The third-order valence-electron chi connectivity index (χ3n) is 10.9. The molecule has 3 amide bonds. The number of unbranched alkanes of at least 4 members (excludes halogenated alkanes) is 9. The fourth-order valence-electron chi connectivity index (χ4n) is 7.06. The molecule has 0 saturated carbocycles. The van der Waals surface area contributed by atoms with Gasteiger partial charge in [-0.2, -0.15) is 0 Å². The zero-order chi connectivity index (χ0) is 45.9. The Morgan fingerprint density at radius 3 is 1.21 bits per heavy atom. The highest BCUT2D eigenvalue weighted by Gasteiger charge is 2.32. The number of carbonyl (C=O) groups excluding carboxylic acids is 3. The van der Waals surface area contributed by atoms with Gasteiger partial charge >= 0.3 is 35.3 Å². The maximum atomic E-state index is 13.6. The van der Waals surface area contributed by atoms with Crippen molar-refractivity contribution in [2.45, 2.75) is 194 Å². The molecule has 0 aromatic carbocycles. The van der Waals surface area contributed by atoms with Gasteiger partial charge in [-0.25, -0.2) is 42.5 Å². The number of nitrogens with zero attached hydrogens (tertiary/aromatic N) is 5. The van der Waals surface area contributed by atoms with E-state index in [9.17, 15) is 28.8 Å². The standard InChI is InChI=1S/C44H80N8O10/c1-33-28-48(33)30-35(3)60-37(53)45-22-16-10-13-19-25-50-40(56)51(26-20-14-11-17-23-46-38(54)61-36(4)31-49-29-34(49)2)42(58)52(41(50)57)27-21-15-12-18-24-47-39(55)62-44(8,9)32-59-43(5,6)7/h33-36H,10-32H2,1-9H3,(H,45,53)(H,46,54)(H,47,55). The molecule has 1 aromatic heterocycles. The second-order valence-electron chi connectivity index (χ2n) is 18.9. The first-order chi connectivity index (χ1) is 29.3. The molecule has 0 spiro atoms. The number of hydrogen-bond acceptors (Lipinski definition) is 12. The zero-order valence-electron chi connectivity index (χ0n) is 39.4. The Balaban J connectivity index is 1.46. The molecule has 2 aliphatic heterocycles. The third-order valence-corrected chi connectivity index (χ3v) is 10.9. The highest BCUT2D eigenvalue weighted by Crippen LogP contribution is 2.18. The van der Waals surface area contributed by atoms with Gasteiger partial charge in [-0.3, -0.25) is 9.80 Å². The van der Waals surface area contributed by atoms with E-state index in [-0.39, 0.29) is 44.1 Å². The molecule has 0 aliphatic carbocycles. The summed E-state index contributed by atoms with van der Waals surface area (Å²) in [6, 6.07) is 1.10. The summed E-state index contributed by atoms with van der Waals surface area (Å²) in [5.74, 6) is 0. The van der Waals surface area contributed by atoms with Gasteiger partial charge in [-0.05, 0) is 101 Å². The summed E-state index contributed by atoms with van der Waals surface area (Å²) in [5.41, 5.74) is -2.95. The number of alkyl carbamates (subject to hydrolysis) is 3. The highest BCUT2D eigenvalue weighted by atomic mass is 16.6. The minimum absolute atomic E-state index is 0.171. The van der Waals surface area contributed by atoms with Crippen LogP contribution in [0.5, 0.6) is 0 Å². The van der Waals surface area contributed by atoms with Gasteiger partial charge in [0.05, 0.1) is 12.2 Å². The Hall–Kier alpha value is -3.90. The van der Waals surface area contributed by atoms with E-state index in [1.54, 1.807) is 13.8 Å². The van der Waals surface area contributed by atoms with E-state index < -0.39 is 41.0 Å². The van der Waals surface area contributed by atoms with Crippen LogP contribution in [-0.2, 0) is 38.6 Å². The van der Waals surface area contributed by atoms with Gasteiger partial charge in [0.2, 0.25) is 0 Å². The Labute approximate surface area is 368 Å². The number of amides is 3. The van der Waals surface area contributed by atoms with Gasteiger partial charge in [0.1, 0.15) is 17.8 Å². The molecule has 3 N–H and O–H groups in total. The van der Waals surface area contributed by atoms with Gasteiger partial charge in [0, 0.05) is 77.5 Å². The van der Waals surface area contributed by atoms with Crippen LogP contribution in [0.2, 0.25) is 0 Å². The molecule has 0 radical (unpaired) electrons. The summed E-state index contributed by atoms with van der Waals surface area (Å²) in [6.07, 6.45) is 6.54. The first kappa shape index (κ1) is 52.4. The molecule has 2 saturated heterocycles. The quantitative estimate of drug-likeness (QED) is 0.0543. The Morgan fingerprint density at radius 1 is 0.565 bits per heavy atom. The summed E-state index contributed by atoms with van der Waals surface area (Å²) in [4.78, 5) is 82.0. The smallest absolute Gasteiger partial charge is 0.407 e. The number of carbonyl (C=O) groups is 3. The molecule has 1 aromatic rings. The van der Waals surface area contributed by atoms with E-state index in [0.717, 1.165) is 71.1 Å². The minimum Gasteiger partial charge on any atom is -0.445 e. The molecule has 356 valence electrons. The molecule has 6 atom stereocenters. The Morgan fingerprint density at radius 2 is 0.887 bits per heavy atom. The predicted molar refractivity (Wildman–Crippen MR) is 239 cm³/mol. The van der Waals surface area contributed by atoms with E-state index in [2.05, 4.69) is 39.6 Å². The van der Waals surface area contributed by atoms with Crippen molar-refractivity contribution in [1.29, 1.82) is 0 Å². The van der Waals surface area contributed by atoms with E-state index in [0.29, 0.717) is 63.8 Å². The first-order valence-electron chi connectivity index (χ1n) is 23.2. The molecule has 6 unspecified atom stereocenters. The van der Waals surface area contributed by atoms with Gasteiger partial charge in [-0.1, -0.05) is 38.5 Å². The molecule has 18 nitrogen and oxygen atoms in total. The summed E-state index contributed by atoms with van der Waals surface area (Å²) in [6.45, 7) is 23.1. The van der Waals surface area contributed by atoms with Crippen LogP contribution in [-0.4, -0.2) is 130 Å². The van der Waals surface area contributed by atoms with Crippen molar-refractivity contribution in [2.75, 3.05) is 52.4 Å². The number of rotatable bonds is 30. The lowest BCUT2D eigenvalue weighted by molar-refractivity contribution is -0.0867. The number of hydrogen-bond donors (Lipinski definition) is 3. The molecule has 18 heteroatoms. The highest BCUT2D eigenvalue weighted by molar-refractivity contribution is 5.68. The Bertz CT molecular complexity index is 1630. The summed E-state index contributed by atoms with van der Waals surface area (Å²) in [7, 11) is 0. The second-order valence-corrected chi connectivity index (χ2v) is 18.9. The second kappa shape index (κ2) is 26.0. The van der Waals surface area contributed by atoms with Crippen molar-refractivity contribution in [3.05, 3.63) is 31.5 Å². The number of ether oxygens (including phenoxy) is 4.